The number of benzene rings is 4. The van der Waals surface area contributed by atoms with Crippen LogP contribution in [-0.2, 0) is 26.2 Å². The van der Waals surface area contributed by atoms with Gasteiger partial charge in [-0.15, -0.1) is 0 Å². The van der Waals surface area contributed by atoms with E-state index in [2.05, 4.69) is 5.32 Å². The number of amides is 2. The van der Waals surface area contributed by atoms with Gasteiger partial charge in [0.25, 0.3) is 10.0 Å². The largest absolute Gasteiger partial charge is 0.457 e. The van der Waals surface area contributed by atoms with Crippen molar-refractivity contribution in [1.29, 1.82) is 0 Å². The number of likely N-dealkylation sites (N-methyl/N-ethyl adjacent to an activating group) is 1. The first-order chi connectivity index (χ1) is 21.1. The molecule has 8 nitrogen and oxygen atoms in total. The summed E-state index contributed by atoms with van der Waals surface area (Å²) in [6.45, 7) is 3.33. The van der Waals surface area contributed by atoms with Gasteiger partial charge in [-0.2, -0.15) is 0 Å². The lowest BCUT2D eigenvalue weighted by Crippen LogP contribution is -2.52. The average molecular weight is 655 g/mol. The van der Waals surface area contributed by atoms with E-state index in [9.17, 15) is 18.0 Å². The van der Waals surface area contributed by atoms with Gasteiger partial charge in [0.15, 0.2) is 0 Å². The molecule has 0 radical (unpaired) electrons. The molecule has 0 aliphatic heterocycles. The molecule has 0 aliphatic rings. The first-order valence-electron chi connectivity index (χ1n) is 14.1. The molecule has 0 saturated heterocycles. The molecule has 0 fully saturated rings. The van der Waals surface area contributed by atoms with Crippen molar-refractivity contribution in [1.82, 2.24) is 10.2 Å². The van der Waals surface area contributed by atoms with E-state index in [1.54, 1.807) is 86.6 Å². The zero-order valence-corrected chi connectivity index (χ0v) is 26.6. The summed E-state index contributed by atoms with van der Waals surface area (Å²) in [6, 6.07) is 27.5. The Morgan fingerprint density at radius 2 is 1.45 bits per heavy atom. The summed E-state index contributed by atoms with van der Waals surface area (Å²) in [7, 11) is -4.20. The van der Waals surface area contributed by atoms with Gasteiger partial charge >= 0.3 is 0 Å². The van der Waals surface area contributed by atoms with E-state index >= 15 is 0 Å². The van der Waals surface area contributed by atoms with Crippen molar-refractivity contribution in [3.8, 4) is 11.5 Å². The van der Waals surface area contributed by atoms with Gasteiger partial charge in [0.05, 0.1) is 10.6 Å². The predicted octanol–water partition coefficient (Wildman–Crippen LogP) is 6.92. The molecule has 4 aromatic rings. The Bertz CT molecular complexity index is 1670. The third-order valence-electron chi connectivity index (χ3n) is 6.81. The molecule has 0 unspecified atom stereocenters. The fraction of sp³-hybridized carbons (Fsp3) is 0.212. The van der Waals surface area contributed by atoms with Crippen LogP contribution in [0.2, 0.25) is 10.0 Å². The van der Waals surface area contributed by atoms with Crippen LogP contribution >= 0.6 is 23.2 Å². The van der Waals surface area contributed by atoms with E-state index in [-0.39, 0.29) is 23.0 Å². The van der Waals surface area contributed by atoms with Crippen molar-refractivity contribution >= 4 is 50.7 Å². The third-order valence-corrected chi connectivity index (χ3v) is 9.18. The Morgan fingerprint density at radius 3 is 2.05 bits per heavy atom. The lowest BCUT2D eigenvalue weighted by molar-refractivity contribution is -0.140. The highest BCUT2D eigenvalue weighted by Crippen LogP contribution is 2.29. The maximum Gasteiger partial charge on any atom is 0.264 e. The quantitative estimate of drug-likeness (QED) is 0.169. The minimum Gasteiger partial charge on any atom is -0.457 e. The van der Waals surface area contributed by atoms with Gasteiger partial charge in [-0.25, -0.2) is 8.42 Å². The lowest BCUT2D eigenvalue weighted by Gasteiger charge is -2.33. The van der Waals surface area contributed by atoms with Crippen LogP contribution in [0.1, 0.15) is 25.8 Å². The van der Waals surface area contributed by atoms with E-state index in [1.807, 2.05) is 18.2 Å². The Morgan fingerprint density at radius 1 is 0.841 bits per heavy atom. The van der Waals surface area contributed by atoms with Crippen LogP contribution in [0, 0.1) is 0 Å². The molecule has 1 N–H and O–H groups in total. The molecular formula is C33H33Cl2N3O5S. The van der Waals surface area contributed by atoms with Crippen molar-refractivity contribution in [2.45, 2.75) is 37.8 Å². The Balaban J connectivity index is 1.72. The predicted molar refractivity (Wildman–Crippen MR) is 174 cm³/mol. The van der Waals surface area contributed by atoms with Crippen LogP contribution in [0.5, 0.6) is 11.5 Å². The number of hydrogen-bond donors (Lipinski definition) is 1. The lowest BCUT2D eigenvalue weighted by atomic mass is 10.1. The molecule has 4 aromatic carbocycles. The number of nitrogens with zero attached hydrogens (tertiary/aromatic N) is 2. The molecule has 44 heavy (non-hydrogen) atoms. The monoisotopic (exact) mass is 653 g/mol. The van der Waals surface area contributed by atoms with E-state index in [0.717, 1.165) is 4.31 Å². The number of ether oxygens (including phenoxy) is 1. The normalized spacial score (nSPS) is 11.8. The van der Waals surface area contributed by atoms with Gasteiger partial charge in [-0.05, 0) is 79.6 Å². The number of nitrogens with one attached hydrogen (secondary N) is 1. The van der Waals surface area contributed by atoms with Gasteiger partial charge in [0.1, 0.15) is 24.1 Å². The van der Waals surface area contributed by atoms with Crippen molar-refractivity contribution in [3.05, 3.63) is 119 Å². The molecule has 11 heteroatoms. The zero-order valence-electron chi connectivity index (χ0n) is 24.3. The van der Waals surface area contributed by atoms with Gasteiger partial charge in [-0.1, -0.05) is 72.6 Å². The molecule has 0 aromatic heterocycles. The van der Waals surface area contributed by atoms with E-state index < -0.39 is 28.5 Å². The fourth-order valence-electron chi connectivity index (χ4n) is 4.60. The molecule has 2 amide bonds. The number of carbonyl (C=O) groups excluding carboxylic acids is 2. The number of rotatable bonds is 13. The van der Waals surface area contributed by atoms with E-state index in [4.69, 9.17) is 27.9 Å². The van der Waals surface area contributed by atoms with Gasteiger partial charge in [0.2, 0.25) is 11.8 Å². The van der Waals surface area contributed by atoms with Crippen LogP contribution < -0.4 is 14.4 Å². The number of carbonyl (C=O) groups is 2. The Labute approximate surface area is 268 Å². The second kappa shape index (κ2) is 15.1. The topological polar surface area (TPSA) is 96.0 Å². The minimum atomic E-state index is -4.20. The van der Waals surface area contributed by atoms with Crippen molar-refractivity contribution in [3.63, 3.8) is 0 Å². The van der Waals surface area contributed by atoms with E-state index in [0.29, 0.717) is 40.1 Å². The molecule has 4 rings (SSSR count). The summed E-state index contributed by atoms with van der Waals surface area (Å²) >= 11 is 12.5. The second-order valence-corrected chi connectivity index (χ2v) is 12.5. The third kappa shape index (κ3) is 8.11. The summed E-state index contributed by atoms with van der Waals surface area (Å²) < 4.78 is 34.9. The van der Waals surface area contributed by atoms with Crippen molar-refractivity contribution in [2.24, 2.45) is 0 Å². The Hall–Kier alpha value is -4.05. The van der Waals surface area contributed by atoms with E-state index in [1.165, 1.54) is 17.0 Å². The van der Waals surface area contributed by atoms with Gasteiger partial charge in [0, 0.05) is 23.1 Å². The summed E-state index contributed by atoms with van der Waals surface area (Å²) in [5.74, 6) is 0.174. The molecule has 0 heterocycles. The van der Waals surface area contributed by atoms with Crippen LogP contribution in [0.25, 0.3) is 0 Å². The summed E-state index contributed by atoms with van der Waals surface area (Å²) in [5, 5.41) is 3.52. The van der Waals surface area contributed by atoms with Crippen LogP contribution in [-0.4, -0.2) is 44.3 Å². The zero-order chi connectivity index (χ0) is 31.7. The Kier molecular flexibility index (Phi) is 11.3. The van der Waals surface area contributed by atoms with Crippen LogP contribution in [0.15, 0.2) is 108 Å². The number of para-hydroxylation sites is 1. The highest BCUT2D eigenvalue weighted by atomic mass is 35.5. The summed E-state index contributed by atoms with van der Waals surface area (Å²) in [4.78, 5) is 28.6. The van der Waals surface area contributed by atoms with Crippen molar-refractivity contribution in [2.75, 3.05) is 17.4 Å². The van der Waals surface area contributed by atoms with Crippen molar-refractivity contribution < 1.29 is 22.7 Å². The molecular weight excluding hydrogens is 621 g/mol. The van der Waals surface area contributed by atoms with Gasteiger partial charge < -0.3 is 15.0 Å². The SMILES string of the molecule is CCNC(=O)[C@@H](CC)N(Cc1ccc(Cl)cc1Cl)C(=O)CN(c1ccc(Oc2ccccc2)cc1)S(=O)(=O)c1ccccc1. The molecule has 0 spiro atoms. The smallest absolute Gasteiger partial charge is 0.264 e. The molecule has 0 aliphatic carbocycles. The summed E-state index contributed by atoms with van der Waals surface area (Å²) in [6.07, 6.45) is 0.291. The second-order valence-electron chi connectivity index (χ2n) is 9.81. The first-order valence-corrected chi connectivity index (χ1v) is 16.3. The maximum absolute atomic E-state index is 14.2. The molecule has 1 atom stereocenters. The first kappa shape index (κ1) is 32.9. The standard InChI is InChI=1S/C33H33Cl2N3O5S/c1-3-31(33(40)36-4-2)37(22-24-15-16-25(34)21-30(24)35)32(39)23-38(44(41,42)29-13-9-6-10-14-29)26-17-19-28(20-18-26)43-27-11-7-5-8-12-27/h5-21,31H,3-4,22-23H2,1-2H3,(H,36,40)/t31-/m1/s1. The highest BCUT2D eigenvalue weighted by molar-refractivity contribution is 7.92. The molecule has 230 valence electrons. The highest BCUT2D eigenvalue weighted by Gasteiger charge is 2.33. The summed E-state index contributed by atoms with van der Waals surface area (Å²) in [5.41, 5.74) is 0.810. The minimum absolute atomic E-state index is 0.0143. The van der Waals surface area contributed by atoms with Gasteiger partial charge in [-0.3, -0.25) is 13.9 Å². The number of anilines is 1. The number of halogens is 2. The van der Waals surface area contributed by atoms with Crippen LogP contribution in [0.4, 0.5) is 5.69 Å². The average Bonchev–Trinajstić information content (AvgIpc) is 3.02. The van der Waals surface area contributed by atoms with Crippen LogP contribution in [0.3, 0.4) is 0 Å². The maximum atomic E-state index is 14.2. The number of hydrogen-bond acceptors (Lipinski definition) is 5. The molecule has 0 bridgehead atoms. The number of sulfonamides is 1. The fourth-order valence-corrected chi connectivity index (χ4v) is 6.50. The molecule has 0 saturated carbocycles.